The Morgan fingerprint density at radius 3 is 2.74 bits per heavy atom. The van der Waals surface area contributed by atoms with Gasteiger partial charge in [0.05, 0.1) is 12.1 Å². The molecule has 0 amide bonds. The molecule has 34 heavy (non-hydrogen) atoms. The van der Waals surface area contributed by atoms with E-state index in [1.54, 1.807) is 23.1 Å². The number of nitrogens with one attached hydrogen (secondary N) is 1. The normalized spacial score (nSPS) is 17.7. The molecule has 2 atom stereocenters. The van der Waals surface area contributed by atoms with Gasteiger partial charge in [-0.05, 0) is 69.3 Å². The maximum Gasteiger partial charge on any atom is 0.218 e. The average Bonchev–Trinajstić information content (AvgIpc) is 3.42. The van der Waals surface area contributed by atoms with Gasteiger partial charge in [-0.3, -0.25) is 9.48 Å². The first-order chi connectivity index (χ1) is 16.1. The molecule has 0 aliphatic heterocycles. The third-order valence-electron chi connectivity index (χ3n) is 5.28. The Morgan fingerprint density at radius 2 is 2.06 bits per heavy atom. The molecular formula is C24H31ClN6O3. The summed E-state index contributed by atoms with van der Waals surface area (Å²) in [5.41, 5.74) is 7.58. The Labute approximate surface area is 204 Å². The fourth-order valence-corrected chi connectivity index (χ4v) is 3.97. The van der Waals surface area contributed by atoms with Gasteiger partial charge >= 0.3 is 0 Å². The molecule has 1 fully saturated rings. The number of nitrogens with two attached hydrogens (primary N) is 1. The molecule has 10 heteroatoms. The lowest BCUT2D eigenvalue weighted by Gasteiger charge is -2.15. The van der Waals surface area contributed by atoms with Gasteiger partial charge in [-0.15, -0.1) is 0 Å². The molecule has 4 rings (SSSR count). The zero-order chi connectivity index (χ0) is 24.7. The number of nitrogens with zero attached hydrogens (tertiary/aromatic N) is 4. The van der Waals surface area contributed by atoms with Crippen molar-refractivity contribution >= 4 is 23.2 Å². The molecule has 1 saturated carbocycles. The first kappa shape index (κ1) is 25.8. The van der Waals surface area contributed by atoms with E-state index in [9.17, 15) is 4.79 Å². The van der Waals surface area contributed by atoms with Gasteiger partial charge in [0.2, 0.25) is 5.78 Å². The molecule has 2 heterocycles. The number of aliphatic hydroxyl groups is 2. The smallest absolute Gasteiger partial charge is 0.218 e. The van der Waals surface area contributed by atoms with E-state index in [1.165, 1.54) is 20.2 Å². The first-order valence-corrected chi connectivity index (χ1v) is 11.5. The van der Waals surface area contributed by atoms with Crippen molar-refractivity contribution in [3.63, 3.8) is 0 Å². The monoisotopic (exact) mass is 486 g/mol. The number of hydrogen-bond donors (Lipinski definition) is 4. The predicted octanol–water partition coefficient (Wildman–Crippen LogP) is 2.85. The van der Waals surface area contributed by atoms with E-state index in [4.69, 9.17) is 27.5 Å². The quantitative estimate of drug-likeness (QED) is 0.295. The van der Waals surface area contributed by atoms with E-state index >= 15 is 0 Å². The molecule has 1 aliphatic carbocycles. The van der Waals surface area contributed by atoms with Crippen LogP contribution in [0.2, 0.25) is 5.02 Å². The van der Waals surface area contributed by atoms with Crippen LogP contribution in [0.5, 0.6) is 0 Å². The SMILES string of the molecule is CC(C)(O)O.NCC1CCC(Nc2ncncc2C(=O)c2ccn(Cc3cccc(Cl)c3)n2)C1. The summed E-state index contributed by atoms with van der Waals surface area (Å²) in [6, 6.07) is 9.55. The first-order valence-electron chi connectivity index (χ1n) is 11.2. The fourth-order valence-electron chi connectivity index (χ4n) is 3.76. The van der Waals surface area contributed by atoms with Crippen LogP contribution in [0.4, 0.5) is 5.82 Å². The summed E-state index contributed by atoms with van der Waals surface area (Å²) >= 11 is 6.04. The van der Waals surface area contributed by atoms with Crippen LogP contribution in [-0.2, 0) is 6.54 Å². The third kappa shape index (κ3) is 7.88. The van der Waals surface area contributed by atoms with Crippen LogP contribution in [0.1, 0.15) is 54.7 Å². The minimum atomic E-state index is -1.50. The van der Waals surface area contributed by atoms with Crippen molar-refractivity contribution in [2.45, 2.75) is 51.5 Å². The average molecular weight is 487 g/mol. The van der Waals surface area contributed by atoms with Crippen LogP contribution in [0.15, 0.2) is 49.1 Å². The number of hydrogen-bond acceptors (Lipinski definition) is 8. The Morgan fingerprint density at radius 1 is 1.29 bits per heavy atom. The summed E-state index contributed by atoms with van der Waals surface area (Å²) in [5, 5.41) is 24.7. The molecule has 3 aromatic rings. The molecule has 0 bridgehead atoms. The van der Waals surface area contributed by atoms with Crippen molar-refractivity contribution in [3.8, 4) is 0 Å². The number of carbonyl (C=O) groups is 1. The largest absolute Gasteiger partial charge is 0.367 e. The number of halogens is 1. The van der Waals surface area contributed by atoms with Crippen molar-refractivity contribution < 1.29 is 15.0 Å². The van der Waals surface area contributed by atoms with Gasteiger partial charge in [-0.2, -0.15) is 5.10 Å². The summed E-state index contributed by atoms with van der Waals surface area (Å²) < 4.78 is 1.72. The zero-order valence-corrected chi connectivity index (χ0v) is 20.1. The van der Waals surface area contributed by atoms with Crippen LogP contribution in [0.25, 0.3) is 0 Å². The Balaban J connectivity index is 0.000000588. The number of rotatable bonds is 7. The van der Waals surface area contributed by atoms with E-state index < -0.39 is 5.79 Å². The van der Waals surface area contributed by atoms with Crippen molar-refractivity contribution in [1.82, 2.24) is 19.7 Å². The van der Waals surface area contributed by atoms with Crippen LogP contribution < -0.4 is 11.1 Å². The van der Waals surface area contributed by atoms with Gasteiger partial charge in [0.15, 0.2) is 5.79 Å². The highest BCUT2D eigenvalue weighted by Gasteiger charge is 2.26. The van der Waals surface area contributed by atoms with E-state index in [1.807, 2.05) is 24.3 Å². The molecule has 0 radical (unpaired) electrons. The lowest BCUT2D eigenvalue weighted by Crippen LogP contribution is -2.21. The second-order valence-electron chi connectivity index (χ2n) is 8.89. The number of ketones is 1. The summed E-state index contributed by atoms with van der Waals surface area (Å²) in [6.45, 7) is 3.82. The molecular weight excluding hydrogens is 456 g/mol. The molecule has 5 N–H and O–H groups in total. The predicted molar refractivity (Wildman–Crippen MR) is 131 cm³/mol. The van der Waals surface area contributed by atoms with Gasteiger partial charge in [-0.25, -0.2) is 9.97 Å². The van der Waals surface area contributed by atoms with E-state index in [2.05, 4.69) is 20.4 Å². The van der Waals surface area contributed by atoms with Gasteiger partial charge in [0.1, 0.15) is 17.8 Å². The van der Waals surface area contributed by atoms with Crippen LogP contribution in [0, 0.1) is 5.92 Å². The van der Waals surface area contributed by atoms with E-state index in [0.717, 1.165) is 24.8 Å². The highest BCUT2D eigenvalue weighted by atomic mass is 35.5. The second-order valence-corrected chi connectivity index (χ2v) is 9.33. The van der Waals surface area contributed by atoms with Crippen molar-refractivity contribution in [2.24, 2.45) is 11.7 Å². The number of carbonyl (C=O) groups excluding carboxylic acids is 1. The van der Waals surface area contributed by atoms with Crippen molar-refractivity contribution in [2.75, 3.05) is 11.9 Å². The Hall–Kier alpha value is -2.85. The standard InChI is InChI=1S/C21H23ClN6O.C3H8O2/c22-16-3-1-2-15(8-16)12-28-7-6-19(27-28)20(29)18-11-24-13-25-21(18)26-17-5-4-14(9-17)10-23;1-3(2,4)5/h1-3,6-8,11,13-14,17H,4-5,9-10,12,23H2,(H,24,25,26);4-5H,1-2H3. The third-order valence-corrected chi connectivity index (χ3v) is 5.51. The molecule has 9 nitrogen and oxygen atoms in total. The van der Waals surface area contributed by atoms with Crippen molar-refractivity contribution in [1.29, 1.82) is 0 Å². The van der Waals surface area contributed by atoms with Gasteiger partial charge in [0, 0.05) is 23.5 Å². The van der Waals surface area contributed by atoms with Gasteiger partial charge < -0.3 is 21.3 Å². The Kier molecular flexibility index (Phi) is 8.73. The molecule has 182 valence electrons. The lowest BCUT2D eigenvalue weighted by molar-refractivity contribution is -0.127. The molecule has 0 spiro atoms. The highest BCUT2D eigenvalue weighted by Crippen LogP contribution is 2.28. The summed E-state index contributed by atoms with van der Waals surface area (Å²) in [6.07, 6.45) is 7.88. The minimum absolute atomic E-state index is 0.202. The molecule has 1 aromatic carbocycles. The van der Waals surface area contributed by atoms with Gasteiger partial charge in [0.25, 0.3) is 0 Å². The molecule has 1 aliphatic rings. The van der Waals surface area contributed by atoms with E-state index in [-0.39, 0.29) is 11.8 Å². The van der Waals surface area contributed by atoms with Crippen LogP contribution in [0.3, 0.4) is 0 Å². The summed E-state index contributed by atoms with van der Waals surface area (Å²) in [4.78, 5) is 21.4. The maximum absolute atomic E-state index is 13.0. The lowest BCUT2D eigenvalue weighted by atomic mass is 10.1. The van der Waals surface area contributed by atoms with Crippen molar-refractivity contribution in [3.05, 3.63) is 70.9 Å². The number of benzene rings is 1. The second kappa shape index (κ2) is 11.5. The highest BCUT2D eigenvalue weighted by molar-refractivity contribution is 6.30. The topological polar surface area (TPSA) is 139 Å². The van der Waals surface area contributed by atoms with Gasteiger partial charge in [-0.1, -0.05) is 23.7 Å². The maximum atomic E-state index is 13.0. The van der Waals surface area contributed by atoms with Crippen LogP contribution in [-0.4, -0.2) is 54.1 Å². The number of anilines is 1. The Bertz CT molecular complexity index is 1090. The van der Waals surface area contributed by atoms with E-state index in [0.29, 0.717) is 41.1 Å². The zero-order valence-electron chi connectivity index (χ0n) is 19.4. The molecule has 0 saturated heterocycles. The number of aromatic nitrogens is 4. The molecule has 2 aromatic heterocycles. The fraction of sp³-hybridized carbons (Fsp3) is 0.417. The van der Waals surface area contributed by atoms with Crippen LogP contribution >= 0.6 is 11.6 Å². The summed E-state index contributed by atoms with van der Waals surface area (Å²) in [7, 11) is 0. The summed E-state index contributed by atoms with van der Waals surface area (Å²) in [5.74, 6) is -0.626. The minimum Gasteiger partial charge on any atom is -0.367 e. The molecule has 2 unspecified atom stereocenters.